The summed E-state index contributed by atoms with van der Waals surface area (Å²) in [5.74, 6) is 0.369. The van der Waals surface area contributed by atoms with E-state index < -0.39 is 0 Å². The lowest BCUT2D eigenvalue weighted by molar-refractivity contribution is 0.0481. The summed E-state index contributed by atoms with van der Waals surface area (Å²) in [5.41, 5.74) is -0.187. The maximum absolute atomic E-state index is 13.1. The predicted octanol–water partition coefficient (Wildman–Crippen LogP) is 4.49. The van der Waals surface area contributed by atoms with Crippen LogP contribution in [0.15, 0.2) is 15.9 Å². The first-order valence-corrected chi connectivity index (χ1v) is 8.94. The van der Waals surface area contributed by atoms with Crippen LogP contribution in [0.5, 0.6) is 0 Å². The van der Waals surface area contributed by atoms with Gasteiger partial charge in [0.15, 0.2) is 5.78 Å². The molecule has 2 fully saturated rings. The zero-order valence-electron chi connectivity index (χ0n) is 11.2. The van der Waals surface area contributed by atoms with Crippen LogP contribution in [0.3, 0.4) is 0 Å². The van der Waals surface area contributed by atoms with E-state index >= 15 is 0 Å². The number of hydrogen-bond acceptors (Lipinski definition) is 3. The van der Waals surface area contributed by atoms with E-state index in [4.69, 9.17) is 0 Å². The highest BCUT2D eigenvalue weighted by atomic mass is 79.9. The van der Waals surface area contributed by atoms with Gasteiger partial charge in [0.05, 0.1) is 10.4 Å². The minimum atomic E-state index is -0.187. The van der Waals surface area contributed by atoms with E-state index in [2.05, 4.69) is 20.8 Å². The summed E-state index contributed by atoms with van der Waals surface area (Å²) in [7, 11) is 0. The lowest BCUT2D eigenvalue weighted by Crippen LogP contribution is -2.54. The van der Waals surface area contributed by atoms with Crippen molar-refractivity contribution in [1.29, 1.82) is 0 Å². The van der Waals surface area contributed by atoms with Gasteiger partial charge < -0.3 is 0 Å². The molecule has 0 aromatic carbocycles. The Morgan fingerprint density at radius 1 is 1.16 bits per heavy atom. The van der Waals surface area contributed by atoms with Crippen molar-refractivity contribution in [2.75, 3.05) is 13.1 Å². The number of nitrogens with zero attached hydrogens (tertiary/aromatic N) is 1. The summed E-state index contributed by atoms with van der Waals surface area (Å²) in [5, 5.41) is 2.01. The van der Waals surface area contributed by atoms with Crippen molar-refractivity contribution < 1.29 is 4.79 Å². The normalized spacial score (nSPS) is 23.6. The Bertz CT molecular complexity index is 458. The van der Waals surface area contributed by atoms with Crippen molar-refractivity contribution in [3.63, 3.8) is 0 Å². The molecule has 0 spiro atoms. The van der Waals surface area contributed by atoms with Crippen LogP contribution >= 0.6 is 27.3 Å². The van der Waals surface area contributed by atoms with Crippen molar-refractivity contribution in [1.82, 2.24) is 4.90 Å². The maximum Gasteiger partial charge on any atom is 0.194 e. The van der Waals surface area contributed by atoms with Crippen LogP contribution in [0.4, 0.5) is 0 Å². The number of rotatable bonds is 3. The minimum absolute atomic E-state index is 0.187. The molecule has 0 N–H and O–H groups in total. The summed E-state index contributed by atoms with van der Waals surface area (Å²) in [4.78, 5) is 16.5. The summed E-state index contributed by atoms with van der Waals surface area (Å²) in [6, 6.07) is 2.00. The van der Waals surface area contributed by atoms with Gasteiger partial charge in [-0.15, -0.1) is 11.3 Å². The fourth-order valence-electron chi connectivity index (χ4n) is 3.64. The number of thiophene rings is 1. The molecule has 1 aliphatic heterocycles. The third kappa shape index (κ3) is 2.43. The Labute approximate surface area is 127 Å². The summed E-state index contributed by atoms with van der Waals surface area (Å²) < 4.78 is 0.978. The lowest BCUT2D eigenvalue weighted by atomic mass is 9.87. The Balaban J connectivity index is 1.91. The largest absolute Gasteiger partial charge is 0.291 e. The molecule has 0 radical (unpaired) electrons. The first-order chi connectivity index (χ1) is 9.24. The molecule has 0 amide bonds. The third-order valence-electron chi connectivity index (χ3n) is 4.64. The first-order valence-electron chi connectivity index (χ1n) is 7.27. The molecule has 4 heteroatoms. The maximum atomic E-state index is 13.1. The van der Waals surface area contributed by atoms with Gasteiger partial charge in [-0.1, -0.05) is 19.3 Å². The van der Waals surface area contributed by atoms with Crippen LogP contribution in [0, 0.1) is 0 Å². The Hall–Kier alpha value is -0.190. The highest BCUT2D eigenvalue weighted by Gasteiger charge is 2.47. The van der Waals surface area contributed by atoms with Crippen LogP contribution < -0.4 is 0 Å². The predicted molar refractivity (Wildman–Crippen MR) is 83.0 cm³/mol. The van der Waals surface area contributed by atoms with E-state index in [-0.39, 0.29) is 5.54 Å². The van der Waals surface area contributed by atoms with Crippen LogP contribution in [-0.4, -0.2) is 29.3 Å². The standard InChI is InChI=1S/C15H20BrNOS/c16-12-6-11-19-13(12)14(18)15(7-2-3-8-15)17-9-4-1-5-10-17/h6,11H,1-5,7-10H2. The van der Waals surface area contributed by atoms with Gasteiger partial charge in [0.1, 0.15) is 0 Å². The van der Waals surface area contributed by atoms with Gasteiger partial charge in [-0.2, -0.15) is 0 Å². The van der Waals surface area contributed by atoms with Crippen LogP contribution in [-0.2, 0) is 0 Å². The van der Waals surface area contributed by atoms with E-state index in [9.17, 15) is 4.79 Å². The third-order valence-corrected chi connectivity index (χ3v) is 6.47. The number of carbonyl (C=O) groups is 1. The fraction of sp³-hybridized carbons (Fsp3) is 0.667. The number of Topliss-reactive ketones (excluding diaryl/α,β-unsaturated/α-hetero) is 1. The van der Waals surface area contributed by atoms with Crippen LogP contribution in [0.2, 0.25) is 0 Å². The zero-order chi connectivity index (χ0) is 13.3. The number of halogens is 1. The molecule has 0 bridgehead atoms. The van der Waals surface area contributed by atoms with Gasteiger partial charge in [0.25, 0.3) is 0 Å². The van der Waals surface area contributed by atoms with Gasteiger partial charge in [0, 0.05) is 4.47 Å². The Morgan fingerprint density at radius 2 is 1.84 bits per heavy atom. The SMILES string of the molecule is O=C(c1sccc1Br)C1(N2CCCCC2)CCCC1. The average Bonchev–Trinajstić information content (AvgIpc) is 3.08. The number of piperidine rings is 1. The van der Waals surface area contributed by atoms with Gasteiger partial charge in [-0.25, -0.2) is 0 Å². The monoisotopic (exact) mass is 341 g/mol. The second kappa shape index (κ2) is 5.66. The van der Waals surface area contributed by atoms with E-state index in [0.29, 0.717) is 5.78 Å². The summed E-state index contributed by atoms with van der Waals surface area (Å²) in [6.45, 7) is 2.21. The molecule has 2 heterocycles. The molecule has 19 heavy (non-hydrogen) atoms. The van der Waals surface area contributed by atoms with Crippen molar-refractivity contribution >= 4 is 33.0 Å². The van der Waals surface area contributed by atoms with Crippen LogP contribution in [0.1, 0.15) is 54.6 Å². The van der Waals surface area contributed by atoms with Crippen molar-refractivity contribution in [2.24, 2.45) is 0 Å². The van der Waals surface area contributed by atoms with Gasteiger partial charge in [-0.3, -0.25) is 9.69 Å². The second-order valence-electron chi connectivity index (χ2n) is 5.71. The second-order valence-corrected chi connectivity index (χ2v) is 7.48. The topological polar surface area (TPSA) is 20.3 Å². The molecule has 2 nitrogen and oxygen atoms in total. The summed E-state index contributed by atoms with van der Waals surface area (Å²) in [6.07, 6.45) is 8.33. The number of ketones is 1. The van der Waals surface area contributed by atoms with E-state index in [1.807, 2.05) is 11.4 Å². The minimum Gasteiger partial charge on any atom is -0.291 e. The van der Waals surface area contributed by atoms with E-state index in [1.165, 1.54) is 32.1 Å². The van der Waals surface area contributed by atoms with Gasteiger partial charge in [-0.05, 0) is 66.1 Å². The highest BCUT2D eigenvalue weighted by Crippen LogP contribution is 2.41. The number of likely N-dealkylation sites (tertiary alicyclic amines) is 1. The van der Waals surface area contributed by atoms with Crippen molar-refractivity contribution in [3.8, 4) is 0 Å². The molecule has 2 aliphatic rings. The molecule has 0 atom stereocenters. The molecular formula is C15H20BrNOS. The van der Waals surface area contributed by atoms with E-state index in [1.54, 1.807) is 11.3 Å². The molecule has 1 aromatic heterocycles. The van der Waals surface area contributed by atoms with E-state index in [0.717, 1.165) is 35.3 Å². The average molecular weight is 342 g/mol. The molecule has 1 aliphatic carbocycles. The Morgan fingerprint density at radius 3 is 2.42 bits per heavy atom. The smallest absolute Gasteiger partial charge is 0.194 e. The zero-order valence-corrected chi connectivity index (χ0v) is 13.6. The lowest BCUT2D eigenvalue weighted by Gasteiger charge is -2.42. The van der Waals surface area contributed by atoms with Gasteiger partial charge in [0.2, 0.25) is 0 Å². The van der Waals surface area contributed by atoms with Crippen LogP contribution in [0.25, 0.3) is 0 Å². The molecule has 1 aromatic rings. The highest BCUT2D eigenvalue weighted by molar-refractivity contribution is 9.10. The molecular weight excluding hydrogens is 322 g/mol. The molecule has 1 saturated carbocycles. The van der Waals surface area contributed by atoms with Crippen molar-refractivity contribution in [3.05, 3.63) is 20.8 Å². The summed E-state index contributed by atoms with van der Waals surface area (Å²) >= 11 is 5.12. The number of carbonyl (C=O) groups excluding carboxylic acids is 1. The first kappa shape index (κ1) is 13.8. The molecule has 1 saturated heterocycles. The molecule has 104 valence electrons. The Kier molecular flexibility index (Phi) is 4.11. The molecule has 3 rings (SSSR count). The fourth-order valence-corrected chi connectivity index (χ4v) is 5.22. The quantitative estimate of drug-likeness (QED) is 0.754. The molecule has 0 unspecified atom stereocenters. The van der Waals surface area contributed by atoms with Gasteiger partial charge >= 0.3 is 0 Å². The van der Waals surface area contributed by atoms with Crippen molar-refractivity contribution in [2.45, 2.75) is 50.5 Å². The number of hydrogen-bond donors (Lipinski definition) is 0.